The molecule has 0 aliphatic heterocycles. The molecule has 0 aliphatic rings. The van der Waals surface area contributed by atoms with Gasteiger partial charge in [0.15, 0.2) is 5.82 Å². The molecular weight excluding hydrogens is 1010 g/mol. The lowest BCUT2D eigenvalue weighted by Gasteiger charge is -2.20. The summed E-state index contributed by atoms with van der Waals surface area (Å²) >= 11 is 0. The Morgan fingerprint density at radius 1 is 0.286 bits per heavy atom. The van der Waals surface area contributed by atoms with Crippen LogP contribution in [0.1, 0.15) is 226 Å². The average Bonchev–Trinajstić information content (AvgIpc) is 3.56. The normalized spacial score (nSPS) is 11.5. The van der Waals surface area contributed by atoms with Crippen molar-refractivity contribution in [1.82, 2.24) is 9.97 Å². The molecule has 84 heavy (non-hydrogen) atoms. The van der Waals surface area contributed by atoms with Crippen LogP contribution in [-0.4, -0.2) is 9.97 Å². The standard InChI is InChI=1S/C82H102N2/c1-7-11-15-19-23-29-41-70-59-78(71(55-64(70)6)42-30-24-20-16-12-8-2)80-62-81(84-82(83-80)76-57-74(67-37-33-27-34-38-67)56-75(58-76)68-39-35-28-36-40-68)79-61-72(43-31-25-21-17-13-9-3)77(60-73(79)44-32-26-22-18-14-10-4)69-53-51-66(52-54-69)50-49-65-47-45-63(5)46-48-65/h27-28,33-40,45-62H,7-26,29-32,41-44H2,1-6H3/b50-49+. The minimum atomic E-state index is 0.794. The van der Waals surface area contributed by atoms with Gasteiger partial charge in [0.25, 0.3) is 0 Å². The smallest absolute Gasteiger partial charge is 0.160 e. The molecule has 0 amide bonds. The summed E-state index contributed by atoms with van der Waals surface area (Å²) in [6, 6.07) is 59.8. The van der Waals surface area contributed by atoms with E-state index in [1.54, 1.807) is 0 Å². The highest BCUT2D eigenvalue weighted by Gasteiger charge is 2.21. The van der Waals surface area contributed by atoms with Gasteiger partial charge in [0, 0.05) is 16.7 Å². The third-order valence-corrected chi connectivity index (χ3v) is 17.5. The van der Waals surface area contributed by atoms with Gasteiger partial charge in [-0.3, -0.25) is 0 Å². The Kier molecular flexibility index (Phi) is 26.4. The maximum atomic E-state index is 5.87. The van der Waals surface area contributed by atoms with Gasteiger partial charge in [-0.15, -0.1) is 0 Å². The first-order valence-corrected chi connectivity index (χ1v) is 33.6. The summed E-state index contributed by atoms with van der Waals surface area (Å²) in [4.78, 5) is 11.7. The summed E-state index contributed by atoms with van der Waals surface area (Å²) in [6.07, 6.45) is 39.3. The fourth-order valence-corrected chi connectivity index (χ4v) is 12.4. The molecular formula is C82H102N2. The van der Waals surface area contributed by atoms with Gasteiger partial charge in [0.2, 0.25) is 0 Å². The molecule has 0 saturated heterocycles. The molecule has 0 aliphatic carbocycles. The van der Waals surface area contributed by atoms with Crippen LogP contribution in [0.5, 0.6) is 0 Å². The van der Waals surface area contributed by atoms with E-state index in [0.717, 1.165) is 54.9 Å². The molecule has 8 rings (SSSR count). The first kappa shape index (κ1) is 63.4. The number of aryl methyl sites for hydroxylation is 6. The van der Waals surface area contributed by atoms with Crippen LogP contribution in [0.15, 0.2) is 158 Å². The van der Waals surface area contributed by atoms with Crippen LogP contribution >= 0.6 is 0 Å². The predicted molar refractivity (Wildman–Crippen MR) is 368 cm³/mol. The number of aromatic nitrogens is 2. The Hall–Kier alpha value is -6.64. The number of benzene rings is 7. The van der Waals surface area contributed by atoms with Crippen molar-refractivity contribution in [2.75, 3.05) is 0 Å². The lowest BCUT2D eigenvalue weighted by Crippen LogP contribution is -2.04. The van der Waals surface area contributed by atoms with Crippen LogP contribution in [0.25, 0.3) is 79.4 Å². The Labute approximate surface area is 510 Å². The van der Waals surface area contributed by atoms with E-state index >= 15 is 0 Å². The molecule has 0 N–H and O–H groups in total. The molecule has 0 saturated carbocycles. The van der Waals surface area contributed by atoms with Gasteiger partial charge in [-0.25, -0.2) is 9.97 Å². The van der Waals surface area contributed by atoms with E-state index in [4.69, 9.17) is 9.97 Å². The third kappa shape index (κ3) is 19.5. The monoisotopic (exact) mass is 1110 g/mol. The van der Waals surface area contributed by atoms with E-state index in [0.29, 0.717) is 0 Å². The first-order chi connectivity index (χ1) is 41.3. The van der Waals surface area contributed by atoms with Gasteiger partial charge in [-0.2, -0.15) is 0 Å². The fraction of sp³-hybridized carbons (Fsp3) is 0.415. The lowest BCUT2D eigenvalue weighted by atomic mass is 9.87. The van der Waals surface area contributed by atoms with Gasteiger partial charge >= 0.3 is 0 Å². The summed E-state index contributed by atoms with van der Waals surface area (Å²) in [5, 5.41) is 0. The average molecular weight is 1120 g/mol. The number of nitrogens with zero attached hydrogens (tertiary/aromatic N) is 2. The maximum Gasteiger partial charge on any atom is 0.160 e. The van der Waals surface area contributed by atoms with Gasteiger partial charge in [0.1, 0.15) is 0 Å². The number of rotatable bonds is 36. The minimum Gasteiger partial charge on any atom is -0.228 e. The van der Waals surface area contributed by atoms with Crippen molar-refractivity contribution in [3.8, 4) is 67.3 Å². The second kappa shape index (κ2) is 35.0. The molecule has 2 nitrogen and oxygen atoms in total. The molecule has 0 unspecified atom stereocenters. The van der Waals surface area contributed by atoms with E-state index in [1.165, 1.54) is 237 Å². The Morgan fingerprint density at radius 3 is 1.10 bits per heavy atom. The van der Waals surface area contributed by atoms with Crippen LogP contribution < -0.4 is 0 Å². The molecule has 0 atom stereocenters. The highest BCUT2D eigenvalue weighted by Crippen LogP contribution is 2.40. The van der Waals surface area contributed by atoms with E-state index < -0.39 is 0 Å². The third-order valence-electron chi connectivity index (χ3n) is 17.5. The highest BCUT2D eigenvalue weighted by atomic mass is 14.9. The van der Waals surface area contributed by atoms with Gasteiger partial charge in [0.05, 0.1) is 11.4 Å². The first-order valence-electron chi connectivity index (χ1n) is 33.6. The van der Waals surface area contributed by atoms with Crippen LogP contribution in [0, 0.1) is 13.8 Å². The number of hydrogen-bond donors (Lipinski definition) is 0. The van der Waals surface area contributed by atoms with E-state index in [9.17, 15) is 0 Å². The summed E-state index contributed by atoms with van der Waals surface area (Å²) in [7, 11) is 0. The van der Waals surface area contributed by atoms with Gasteiger partial charge in [-0.1, -0.05) is 295 Å². The predicted octanol–water partition coefficient (Wildman–Crippen LogP) is 24.9. The van der Waals surface area contributed by atoms with Crippen molar-refractivity contribution in [3.63, 3.8) is 0 Å². The second-order valence-electron chi connectivity index (χ2n) is 24.5. The summed E-state index contributed by atoms with van der Waals surface area (Å²) in [5.74, 6) is 0.794. The van der Waals surface area contributed by atoms with E-state index in [1.807, 2.05) is 0 Å². The topological polar surface area (TPSA) is 25.8 Å². The molecule has 1 heterocycles. The molecule has 7 aromatic carbocycles. The van der Waals surface area contributed by atoms with E-state index in [2.05, 4.69) is 211 Å². The Balaban J connectivity index is 1.33. The lowest BCUT2D eigenvalue weighted by molar-refractivity contribution is 0.605. The van der Waals surface area contributed by atoms with Crippen molar-refractivity contribution >= 4 is 12.2 Å². The van der Waals surface area contributed by atoms with Crippen molar-refractivity contribution < 1.29 is 0 Å². The van der Waals surface area contributed by atoms with Crippen LogP contribution in [0.4, 0.5) is 0 Å². The van der Waals surface area contributed by atoms with E-state index in [-0.39, 0.29) is 0 Å². The van der Waals surface area contributed by atoms with Crippen molar-refractivity contribution in [2.24, 2.45) is 0 Å². The second-order valence-corrected chi connectivity index (χ2v) is 24.5. The summed E-state index contributed by atoms with van der Waals surface area (Å²) in [6.45, 7) is 13.8. The molecule has 8 aromatic rings. The zero-order chi connectivity index (χ0) is 58.6. The molecule has 0 bridgehead atoms. The molecule has 0 radical (unpaired) electrons. The molecule has 0 spiro atoms. The quantitative estimate of drug-likeness (QED) is 0.0289. The summed E-state index contributed by atoms with van der Waals surface area (Å²) < 4.78 is 0. The van der Waals surface area contributed by atoms with Crippen LogP contribution in [0.3, 0.4) is 0 Å². The van der Waals surface area contributed by atoms with Crippen LogP contribution in [-0.2, 0) is 25.7 Å². The van der Waals surface area contributed by atoms with Crippen molar-refractivity contribution in [1.29, 1.82) is 0 Å². The number of hydrogen-bond acceptors (Lipinski definition) is 2. The van der Waals surface area contributed by atoms with Crippen molar-refractivity contribution in [3.05, 3.63) is 202 Å². The fourth-order valence-electron chi connectivity index (χ4n) is 12.4. The molecule has 0 fully saturated rings. The van der Waals surface area contributed by atoms with Crippen LogP contribution in [0.2, 0.25) is 0 Å². The highest BCUT2D eigenvalue weighted by molar-refractivity contribution is 5.83. The molecule has 440 valence electrons. The van der Waals surface area contributed by atoms with Gasteiger partial charge in [-0.05, 0) is 174 Å². The Bertz CT molecular complexity index is 3160. The molecule has 2 heteroatoms. The maximum absolute atomic E-state index is 5.87. The van der Waals surface area contributed by atoms with Crippen molar-refractivity contribution in [2.45, 2.75) is 221 Å². The number of unbranched alkanes of at least 4 members (excludes halogenated alkanes) is 20. The molecule has 1 aromatic heterocycles. The zero-order valence-corrected chi connectivity index (χ0v) is 52.9. The SMILES string of the molecule is CCCCCCCCc1cc(-c2cc(-c3cc(CCCCCCCC)c(-c4ccc(/C=C/c5ccc(C)cc5)cc4)cc3CCCCCCCC)nc(-c3cc(-c4ccccc4)cc(-c4ccccc4)c3)n2)c(CCCCCCCC)cc1C. The zero-order valence-electron chi connectivity index (χ0n) is 52.9. The summed E-state index contributed by atoms with van der Waals surface area (Å²) in [5.41, 5.74) is 24.0. The largest absolute Gasteiger partial charge is 0.228 e. The Morgan fingerprint density at radius 2 is 0.643 bits per heavy atom. The minimum absolute atomic E-state index is 0.794. The van der Waals surface area contributed by atoms with Gasteiger partial charge < -0.3 is 0 Å².